The van der Waals surface area contributed by atoms with Crippen LogP contribution in [0.1, 0.15) is 34.0 Å². The number of nitrogens with zero attached hydrogens (tertiary/aromatic N) is 2. The third-order valence-electron chi connectivity index (χ3n) is 4.57. The lowest BCUT2D eigenvalue weighted by molar-refractivity contribution is -0.160. The summed E-state index contributed by atoms with van der Waals surface area (Å²) < 4.78 is 26.0. The van der Waals surface area contributed by atoms with Gasteiger partial charge in [-0.1, -0.05) is 24.1 Å². The molecule has 1 aliphatic heterocycles. The van der Waals surface area contributed by atoms with Crippen molar-refractivity contribution in [2.24, 2.45) is 5.92 Å². The second-order valence-corrected chi connectivity index (χ2v) is 7.56. The van der Waals surface area contributed by atoms with Gasteiger partial charge < -0.3 is 4.90 Å². The standard InChI is InChI=1S/C19H16F2N2OS/c20-19(21)10-14(11-19)18(24)23-9-8-15-16(12-23)25-17(22-15)7-6-13-4-2-1-3-5-13/h1-5,14H,8-12H2. The number of fused-ring (bicyclic) bond motifs is 1. The monoisotopic (exact) mass is 358 g/mol. The van der Waals surface area contributed by atoms with Gasteiger partial charge in [-0.05, 0) is 18.1 Å². The van der Waals surface area contributed by atoms with Gasteiger partial charge in [0.1, 0.15) is 0 Å². The van der Waals surface area contributed by atoms with Crippen LogP contribution >= 0.6 is 11.3 Å². The van der Waals surface area contributed by atoms with E-state index in [0.29, 0.717) is 19.5 Å². The third-order valence-corrected chi connectivity index (χ3v) is 5.57. The van der Waals surface area contributed by atoms with Gasteiger partial charge in [0, 0.05) is 42.2 Å². The summed E-state index contributed by atoms with van der Waals surface area (Å²) in [5, 5.41) is 0.735. The molecule has 0 spiro atoms. The van der Waals surface area contributed by atoms with Gasteiger partial charge in [0.2, 0.25) is 11.8 Å². The van der Waals surface area contributed by atoms with Crippen LogP contribution in [-0.4, -0.2) is 28.3 Å². The number of hydrogen-bond acceptors (Lipinski definition) is 3. The van der Waals surface area contributed by atoms with Crippen molar-refractivity contribution >= 4 is 17.2 Å². The van der Waals surface area contributed by atoms with Crippen LogP contribution in [0.3, 0.4) is 0 Å². The average Bonchev–Trinajstić information content (AvgIpc) is 3.00. The molecule has 1 aromatic heterocycles. The van der Waals surface area contributed by atoms with Crippen LogP contribution in [0.15, 0.2) is 30.3 Å². The summed E-state index contributed by atoms with van der Waals surface area (Å²) in [6.07, 6.45) is 0.0328. The molecule has 1 aromatic carbocycles. The van der Waals surface area contributed by atoms with Crippen LogP contribution in [0.2, 0.25) is 0 Å². The molecule has 6 heteroatoms. The fourth-order valence-electron chi connectivity index (χ4n) is 3.18. The first-order valence-corrected chi connectivity index (χ1v) is 9.04. The second-order valence-electron chi connectivity index (χ2n) is 6.48. The molecule has 1 amide bonds. The van der Waals surface area contributed by atoms with E-state index in [4.69, 9.17) is 0 Å². The number of halogens is 2. The van der Waals surface area contributed by atoms with Crippen LogP contribution in [0.4, 0.5) is 8.78 Å². The molecule has 0 bridgehead atoms. The number of carbonyl (C=O) groups is 1. The Morgan fingerprint density at radius 1 is 1.24 bits per heavy atom. The van der Waals surface area contributed by atoms with E-state index in [1.807, 2.05) is 30.3 Å². The van der Waals surface area contributed by atoms with Crippen molar-refractivity contribution in [2.45, 2.75) is 31.7 Å². The smallest absolute Gasteiger partial charge is 0.249 e. The number of aromatic nitrogens is 1. The third kappa shape index (κ3) is 3.42. The molecule has 2 aliphatic rings. The molecule has 4 rings (SSSR count). The van der Waals surface area contributed by atoms with Crippen LogP contribution in [0, 0.1) is 17.8 Å². The summed E-state index contributed by atoms with van der Waals surface area (Å²) in [5.41, 5.74) is 1.91. The van der Waals surface area contributed by atoms with Crippen LogP contribution in [0.25, 0.3) is 0 Å². The molecule has 3 nitrogen and oxygen atoms in total. The SMILES string of the molecule is O=C(C1CC(F)(F)C1)N1CCc2nc(C#Cc3ccccc3)sc2C1. The van der Waals surface area contributed by atoms with Crippen molar-refractivity contribution in [1.82, 2.24) is 9.88 Å². The maximum atomic E-state index is 13.0. The number of carbonyl (C=O) groups excluding carboxylic acids is 1. The molecule has 128 valence electrons. The molecule has 0 saturated heterocycles. The highest BCUT2D eigenvalue weighted by Gasteiger charge is 2.50. The minimum atomic E-state index is -2.66. The van der Waals surface area contributed by atoms with E-state index in [0.717, 1.165) is 21.1 Å². The van der Waals surface area contributed by atoms with Gasteiger partial charge >= 0.3 is 0 Å². The topological polar surface area (TPSA) is 33.2 Å². The first-order chi connectivity index (χ1) is 12.0. The lowest BCUT2D eigenvalue weighted by Crippen LogP contribution is -2.47. The Morgan fingerprint density at radius 3 is 2.72 bits per heavy atom. The minimum Gasteiger partial charge on any atom is -0.337 e. The molecule has 0 atom stereocenters. The maximum Gasteiger partial charge on any atom is 0.249 e. The van der Waals surface area contributed by atoms with E-state index < -0.39 is 11.8 Å². The lowest BCUT2D eigenvalue weighted by Gasteiger charge is -2.38. The summed E-state index contributed by atoms with van der Waals surface area (Å²) in [7, 11) is 0. The summed E-state index contributed by atoms with van der Waals surface area (Å²) in [4.78, 5) is 19.6. The van der Waals surface area contributed by atoms with Gasteiger partial charge in [0.05, 0.1) is 12.2 Å². The molecule has 1 saturated carbocycles. The van der Waals surface area contributed by atoms with Crippen molar-refractivity contribution in [2.75, 3.05) is 6.54 Å². The van der Waals surface area contributed by atoms with Crippen molar-refractivity contribution < 1.29 is 13.6 Å². The molecule has 2 heterocycles. The van der Waals surface area contributed by atoms with Crippen molar-refractivity contribution in [1.29, 1.82) is 0 Å². The molecule has 1 fully saturated rings. The Hall–Kier alpha value is -2.26. The molecular weight excluding hydrogens is 342 g/mol. The van der Waals surface area contributed by atoms with Gasteiger partial charge in [-0.3, -0.25) is 4.79 Å². The molecular formula is C19H16F2N2OS. The van der Waals surface area contributed by atoms with E-state index in [1.54, 1.807) is 4.90 Å². The molecule has 0 N–H and O–H groups in total. The highest BCUT2D eigenvalue weighted by atomic mass is 32.1. The summed E-state index contributed by atoms with van der Waals surface area (Å²) in [5.74, 6) is 2.82. The molecule has 25 heavy (non-hydrogen) atoms. The number of thiazole rings is 1. The highest BCUT2D eigenvalue weighted by molar-refractivity contribution is 7.12. The fraction of sp³-hybridized carbons (Fsp3) is 0.368. The zero-order valence-electron chi connectivity index (χ0n) is 13.5. The number of amides is 1. The van der Waals surface area contributed by atoms with Crippen molar-refractivity contribution in [3.63, 3.8) is 0 Å². The van der Waals surface area contributed by atoms with Gasteiger partial charge in [-0.25, -0.2) is 13.8 Å². The Balaban J connectivity index is 1.45. The molecule has 1 aliphatic carbocycles. The Bertz CT molecular complexity index is 859. The summed E-state index contributed by atoms with van der Waals surface area (Å²) in [6, 6.07) is 9.69. The van der Waals surface area contributed by atoms with E-state index in [2.05, 4.69) is 16.8 Å². The zero-order valence-corrected chi connectivity index (χ0v) is 14.3. The van der Waals surface area contributed by atoms with E-state index in [-0.39, 0.29) is 18.7 Å². The van der Waals surface area contributed by atoms with Gasteiger partial charge in [-0.2, -0.15) is 0 Å². The van der Waals surface area contributed by atoms with E-state index in [9.17, 15) is 13.6 Å². The average molecular weight is 358 g/mol. The maximum absolute atomic E-state index is 13.0. The number of rotatable bonds is 1. The largest absolute Gasteiger partial charge is 0.337 e. The van der Waals surface area contributed by atoms with Crippen LogP contribution in [-0.2, 0) is 17.8 Å². The lowest BCUT2D eigenvalue weighted by atomic mass is 9.80. The summed E-state index contributed by atoms with van der Waals surface area (Å²) in [6.45, 7) is 1.00. The normalized spacial score (nSPS) is 18.7. The quantitative estimate of drug-likeness (QED) is 0.732. The van der Waals surface area contributed by atoms with Gasteiger partial charge in [0.15, 0.2) is 5.01 Å². The van der Waals surface area contributed by atoms with Crippen LogP contribution in [0.5, 0.6) is 0 Å². The Kier molecular flexibility index (Phi) is 4.04. The second kappa shape index (κ2) is 6.23. The zero-order chi connectivity index (χ0) is 17.4. The minimum absolute atomic E-state index is 0.151. The van der Waals surface area contributed by atoms with E-state index in [1.165, 1.54) is 11.3 Å². The fourth-order valence-corrected chi connectivity index (χ4v) is 4.16. The predicted octanol–water partition coefficient (Wildman–Crippen LogP) is 3.47. The van der Waals surface area contributed by atoms with E-state index >= 15 is 0 Å². The predicted molar refractivity (Wildman–Crippen MR) is 91.3 cm³/mol. The molecule has 2 aromatic rings. The Labute approximate surface area is 148 Å². The highest BCUT2D eigenvalue weighted by Crippen LogP contribution is 2.43. The Morgan fingerprint density at radius 2 is 2.00 bits per heavy atom. The first-order valence-electron chi connectivity index (χ1n) is 8.22. The first kappa shape index (κ1) is 16.2. The number of benzene rings is 1. The van der Waals surface area contributed by atoms with Gasteiger partial charge in [-0.15, -0.1) is 11.3 Å². The van der Waals surface area contributed by atoms with Crippen molar-refractivity contribution in [3.05, 3.63) is 51.5 Å². The van der Waals surface area contributed by atoms with Crippen molar-refractivity contribution in [3.8, 4) is 11.8 Å². The number of alkyl halides is 2. The van der Waals surface area contributed by atoms with Crippen LogP contribution < -0.4 is 0 Å². The number of hydrogen-bond donors (Lipinski definition) is 0. The molecule has 0 radical (unpaired) electrons. The summed E-state index contributed by atoms with van der Waals surface area (Å²) >= 11 is 1.49. The molecule has 0 unspecified atom stereocenters. The van der Waals surface area contributed by atoms with Gasteiger partial charge in [0.25, 0.3) is 0 Å².